The molecule has 3 amide bonds. The first-order valence-corrected chi connectivity index (χ1v) is 14.6. The average molecular weight is 587 g/mol. The summed E-state index contributed by atoms with van der Waals surface area (Å²) in [7, 11) is 3.87. The maximum Gasteiger partial charge on any atom is 0.308 e. The van der Waals surface area contributed by atoms with Gasteiger partial charge < -0.3 is 15.3 Å². The van der Waals surface area contributed by atoms with Crippen LogP contribution in [-0.2, 0) is 20.9 Å². The number of imide groups is 1. The molecule has 2 aliphatic rings. The van der Waals surface area contributed by atoms with E-state index in [1.165, 1.54) is 33.4 Å². The zero-order chi connectivity index (χ0) is 28.8. The number of anilines is 3. The van der Waals surface area contributed by atoms with Crippen molar-refractivity contribution in [3.63, 3.8) is 0 Å². The molecule has 2 unspecified atom stereocenters. The minimum atomic E-state index is -0.755. The van der Waals surface area contributed by atoms with E-state index in [2.05, 4.69) is 5.32 Å². The molecule has 2 aliphatic heterocycles. The summed E-state index contributed by atoms with van der Waals surface area (Å²) < 4.78 is 1.39. The van der Waals surface area contributed by atoms with Crippen molar-refractivity contribution in [1.82, 2.24) is 4.57 Å². The molecule has 6 rings (SSSR count). The summed E-state index contributed by atoms with van der Waals surface area (Å²) >= 11 is 2.19. The lowest BCUT2D eigenvalue weighted by molar-refractivity contribution is -0.122. The van der Waals surface area contributed by atoms with Crippen molar-refractivity contribution in [3.8, 4) is 5.75 Å². The second-order valence-corrected chi connectivity index (χ2v) is 12.2. The highest BCUT2D eigenvalue weighted by atomic mass is 32.2. The molecular weight excluding hydrogens is 560 g/mol. The normalized spacial score (nSPS) is 19.6. The number of rotatable bonds is 6. The number of nitrogens with zero attached hydrogens (tertiary/aromatic N) is 3. The number of carbonyl (C=O) groups excluding carboxylic acids is 3. The van der Waals surface area contributed by atoms with Crippen molar-refractivity contribution in [2.24, 2.45) is 5.92 Å². The molecule has 1 fully saturated rings. The van der Waals surface area contributed by atoms with E-state index in [0.717, 1.165) is 22.6 Å². The van der Waals surface area contributed by atoms with Gasteiger partial charge in [0.1, 0.15) is 17.5 Å². The molecule has 1 saturated heterocycles. The van der Waals surface area contributed by atoms with Crippen molar-refractivity contribution in [1.29, 1.82) is 0 Å². The number of aromatic hydroxyl groups is 1. The summed E-state index contributed by atoms with van der Waals surface area (Å²) in [5, 5.41) is 12.0. The zero-order valence-electron chi connectivity index (χ0n) is 22.2. The summed E-state index contributed by atoms with van der Waals surface area (Å²) in [6.45, 7) is -0.257. The highest BCUT2D eigenvalue weighted by molar-refractivity contribution is 8.00. The van der Waals surface area contributed by atoms with E-state index >= 15 is 0 Å². The van der Waals surface area contributed by atoms with Crippen LogP contribution < -0.4 is 20.0 Å². The smallest absolute Gasteiger partial charge is 0.308 e. The Kier molecular flexibility index (Phi) is 6.92. The van der Waals surface area contributed by atoms with E-state index in [0.29, 0.717) is 21.3 Å². The van der Waals surface area contributed by atoms with Gasteiger partial charge in [-0.25, -0.2) is 4.90 Å². The Morgan fingerprint density at radius 1 is 0.927 bits per heavy atom. The van der Waals surface area contributed by atoms with E-state index in [1.54, 1.807) is 36.4 Å². The van der Waals surface area contributed by atoms with Crippen LogP contribution in [0.1, 0.15) is 16.4 Å². The fourth-order valence-electron chi connectivity index (χ4n) is 5.31. The van der Waals surface area contributed by atoms with Crippen molar-refractivity contribution in [2.75, 3.05) is 29.2 Å². The lowest BCUT2D eigenvalue weighted by Crippen LogP contribution is -2.33. The molecule has 0 radical (unpaired) electrons. The molecule has 11 heteroatoms. The Hall–Kier alpha value is -4.35. The maximum absolute atomic E-state index is 13.9. The van der Waals surface area contributed by atoms with Crippen LogP contribution in [0.2, 0.25) is 0 Å². The standard InChI is InChI=1S/C30H26N4O5S2/c1-32(2)19-12-8-17(9-13-19)23-24-25(28(38)34(27(24)37)20-6-4-3-5-7-20)40-29-26(23)41-30(39)33(29)16-22(36)31-18-10-14-21(35)15-11-18/h3-15,23-25,35H,16H2,1-2H3,(H,31,36)/t23-,24?,25?/m1/s1. The number of hydrogen-bond donors (Lipinski definition) is 2. The van der Waals surface area contributed by atoms with E-state index in [1.807, 2.05) is 49.3 Å². The summed E-state index contributed by atoms with van der Waals surface area (Å²) in [5.74, 6) is -2.23. The molecule has 208 valence electrons. The third-order valence-corrected chi connectivity index (χ3v) is 9.89. The van der Waals surface area contributed by atoms with Gasteiger partial charge in [0.15, 0.2) is 0 Å². The van der Waals surface area contributed by atoms with Crippen LogP contribution in [0.5, 0.6) is 5.75 Å². The van der Waals surface area contributed by atoms with Gasteiger partial charge in [-0.05, 0) is 54.1 Å². The van der Waals surface area contributed by atoms with Gasteiger partial charge in [0.2, 0.25) is 17.7 Å². The molecule has 3 aromatic carbocycles. The van der Waals surface area contributed by atoms with Crippen LogP contribution >= 0.6 is 23.1 Å². The third kappa shape index (κ3) is 4.81. The van der Waals surface area contributed by atoms with Crippen LogP contribution in [0, 0.1) is 5.92 Å². The Bertz CT molecular complexity index is 1700. The number of thiazole rings is 1. The SMILES string of the molecule is CN(C)c1ccc([C@H]2c3sc(=O)n(CC(=O)Nc4ccc(O)cc4)c3SC3C(=O)N(c4ccccc4)C(=O)C32)cc1. The molecule has 0 aliphatic carbocycles. The third-order valence-electron chi connectivity index (χ3n) is 7.29. The fraction of sp³-hybridized carbons (Fsp3) is 0.200. The van der Waals surface area contributed by atoms with Gasteiger partial charge >= 0.3 is 4.87 Å². The number of amides is 3. The first-order chi connectivity index (χ1) is 19.7. The molecule has 0 spiro atoms. The van der Waals surface area contributed by atoms with E-state index in [9.17, 15) is 24.3 Å². The first kappa shape index (κ1) is 26.9. The second-order valence-electron chi connectivity index (χ2n) is 10.1. The lowest BCUT2D eigenvalue weighted by atomic mass is 9.83. The monoisotopic (exact) mass is 586 g/mol. The molecule has 0 bridgehead atoms. The fourth-order valence-corrected chi connectivity index (χ4v) is 8.09. The molecule has 0 saturated carbocycles. The highest BCUT2D eigenvalue weighted by Gasteiger charge is 2.56. The molecular formula is C30H26N4O5S2. The van der Waals surface area contributed by atoms with Crippen molar-refractivity contribution in [2.45, 2.75) is 22.7 Å². The molecule has 3 atom stereocenters. The van der Waals surface area contributed by atoms with Crippen LogP contribution in [0.15, 0.2) is 88.7 Å². The zero-order valence-corrected chi connectivity index (χ0v) is 23.8. The Labute approximate surface area is 244 Å². The van der Waals surface area contributed by atoms with Crippen LogP contribution in [-0.4, -0.2) is 46.7 Å². The predicted octanol–water partition coefficient (Wildman–Crippen LogP) is 4.12. The molecule has 3 heterocycles. The van der Waals surface area contributed by atoms with E-state index in [4.69, 9.17) is 0 Å². The van der Waals surface area contributed by atoms with Crippen molar-refractivity contribution < 1.29 is 19.5 Å². The molecule has 4 aromatic rings. The van der Waals surface area contributed by atoms with Crippen LogP contribution in [0.3, 0.4) is 0 Å². The first-order valence-electron chi connectivity index (χ1n) is 12.9. The number of aromatic nitrogens is 1. The van der Waals surface area contributed by atoms with E-state index < -0.39 is 23.0 Å². The van der Waals surface area contributed by atoms with Gasteiger partial charge in [-0.15, -0.1) is 0 Å². The average Bonchev–Trinajstić information content (AvgIpc) is 3.41. The number of para-hydroxylation sites is 1. The number of fused-ring (bicyclic) bond motifs is 2. The van der Waals surface area contributed by atoms with Gasteiger partial charge in [-0.2, -0.15) is 0 Å². The number of thioether (sulfide) groups is 1. The number of benzene rings is 3. The van der Waals surface area contributed by atoms with Crippen LogP contribution in [0.4, 0.5) is 17.1 Å². The number of phenols is 1. The number of phenolic OH excluding ortho intramolecular Hbond substituents is 1. The number of hydrogen-bond acceptors (Lipinski definition) is 8. The largest absolute Gasteiger partial charge is 0.508 e. The summed E-state index contributed by atoms with van der Waals surface area (Å²) in [6, 6.07) is 22.7. The lowest BCUT2D eigenvalue weighted by Gasteiger charge is -2.31. The highest BCUT2D eigenvalue weighted by Crippen LogP contribution is 2.54. The van der Waals surface area contributed by atoms with Crippen LogP contribution in [0.25, 0.3) is 0 Å². The Morgan fingerprint density at radius 3 is 2.27 bits per heavy atom. The van der Waals surface area contributed by atoms with Crippen molar-refractivity contribution >= 4 is 57.9 Å². The molecule has 2 N–H and O–H groups in total. The topological polar surface area (TPSA) is 112 Å². The van der Waals surface area contributed by atoms with Gasteiger partial charge in [0.05, 0.1) is 16.6 Å². The van der Waals surface area contributed by atoms with Gasteiger partial charge in [0, 0.05) is 36.3 Å². The summed E-state index contributed by atoms with van der Waals surface area (Å²) in [4.78, 5) is 57.5. The quantitative estimate of drug-likeness (QED) is 0.258. The molecule has 9 nitrogen and oxygen atoms in total. The number of carbonyl (C=O) groups is 3. The predicted molar refractivity (Wildman–Crippen MR) is 160 cm³/mol. The van der Waals surface area contributed by atoms with E-state index in [-0.39, 0.29) is 29.0 Å². The minimum Gasteiger partial charge on any atom is -0.508 e. The van der Waals surface area contributed by atoms with Crippen molar-refractivity contribution in [3.05, 3.63) is 99.0 Å². The number of nitrogens with one attached hydrogen (secondary N) is 1. The minimum absolute atomic E-state index is 0.0713. The summed E-state index contributed by atoms with van der Waals surface area (Å²) in [6.07, 6.45) is 0. The maximum atomic E-state index is 13.9. The molecule has 41 heavy (non-hydrogen) atoms. The second kappa shape index (κ2) is 10.6. The van der Waals surface area contributed by atoms with Gasteiger partial charge in [-0.1, -0.05) is 53.4 Å². The Balaban J connectivity index is 1.41. The van der Waals surface area contributed by atoms with Gasteiger partial charge in [0.25, 0.3) is 0 Å². The van der Waals surface area contributed by atoms with Gasteiger partial charge in [-0.3, -0.25) is 23.7 Å². The summed E-state index contributed by atoms with van der Waals surface area (Å²) in [5.41, 5.74) is 2.79. The Morgan fingerprint density at radius 2 is 1.61 bits per heavy atom. The molecule has 1 aromatic heterocycles.